The molecule has 1 heterocycles. The monoisotopic (exact) mass is 215 g/mol. The van der Waals surface area contributed by atoms with Gasteiger partial charge in [-0.3, -0.25) is 4.68 Å². The second-order valence-electron chi connectivity index (χ2n) is 3.99. The van der Waals surface area contributed by atoms with Crippen LogP contribution >= 0.6 is 0 Å². The van der Waals surface area contributed by atoms with Gasteiger partial charge >= 0.3 is 0 Å². The minimum absolute atomic E-state index is 0.706. The standard InChI is InChI=1S/C13H17N3/c1-11-7-9-15-16(11)10-13-4-2-12(3-5-13)6-8-14/h2-5,7,9H,6,8,10,14H2,1H3. The van der Waals surface area contributed by atoms with Gasteiger partial charge in [0.1, 0.15) is 0 Å². The minimum atomic E-state index is 0.706. The molecule has 0 spiro atoms. The largest absolute Gasteiger partial charge is 0.330 e. The number of hydrogen-bond acceptors (Lipinski definition) is 2. The summed E-state index contributed by atoms with van der Waals surface area (Å²) in [5.74, 6) is 0. The van der Waals surface area contributed by atoms with E-state index in [9.17, 15) is 0 Å². The van der Waals surface area contributed by atoms with E-state index in [1.54, 1.807) is 0 Å². The topological polar surface area (TPSA) is 43.8 Å². The maximum absolute atomic E-state index is 5.51. The SMILES string of the molecule is Cc1ccnn1Cc1ccc(CCN)cc1. The summed E-state index contributed by atoms with van der Waals surface area (Å²) < 4.78 is 2.00. The zero-order valence-electron chi connectivity index (χ0n) is 9.56. The summed E-state index contributed by atoms with van der Waals surface area (Å²) in [5, 5.41) is 4.27. The highest BCUT2D eigenvalue weighted by molar-refractivity contribution is 5.23. The fourth-order valence-electron chi connectivity index (χ4n) is 1.72. The highest BCUT2D eigenvalue weighted by atomic mass is 15.3. The number of benzene rings is 1. The van der Waals surface area contributed by atoms with Gasteiger partial charge in [0.25, 0.3) is 0 Å². The third-order valence-corrected chi connectivity index (χ3v) is 2.72. The summed E-state index contributed by atoms with van der Waals surface area (Å²) in [4.78, 5) is 0. The first-order chi connectivity index (χ1) is 7.79. The van der Waals surface area contributed by atoms with Crippen LogP contribution in [0.3, 0.4) is 0 Å². The van der Waals surface area contributed by atoms with Gasteiger partial charge in [-0.1, -0.05) is 24.3 Å². The highest BCUT2D eigenvalue weighted by Crippen LogP contribution is 2.07. The van der Waals surface area contributed by atoms with Crippen molar-refractivity contribution >= 4 is 0 Å². The molecule has 0 fully saturated rings. The summed E-state index contributed by atoms with van der Waals surface area (Å²) in [6.07, 6.45) is 2.78. The summed E-state index contributed by atoms with van der Waals surface area (Å²) >= 11 is 0. The molecule has 2 N–H and O–H groups in total. The van der Waals surface area contributed by atoms with Crippen molar-refractivity contribution in [1.82, 2.24) is 9.78 Å². The zero-order valence-corrected chi connectivity index (χ0v) is 9.56. The van der Waals surface area contributed by atoms with Crippen LogP contribution in [0.15, 0.2) is 36.5 Å². The minimum Gasteiger partial charge on any atom is -0.330 e. The molecule has 0 aliphatic rings. The van der Waals surface area contributed by atoms with Crippen LogP contribution in [0.5, 0.6) is 0 Å². The Morgan fingerprint density at radius 2 is 1.81 bits per heavy atom. The van der Waals surface area contributed by atoms with Crippen LogP contribution < -0.4 is 5.73 Å². The number of hydrogen-bond donors (Lipinski definition) is 1. The number of rotatable bonds is 4. The summed E-state index contributed by atoms with van der Waals surface area (Å²) in [7, 11) is 0. The summed E-state index contributed by atoms with van der Waals surface area (Å²) in [5.41, 5.74) is 9.27. The summed E-state index contributed by atoms with van der Waals surface area (Å²) in [6.45, 7) is 3.61. The Labute approximate surface area is 95.9 Å². The van der Waals surface area contributed by atoms with Crippen molar-refractivity contribution in [3.8, 4) is 0 Å². The number of aryl methyl sites for hydroxylation is 1. The third kappa shape index (κ3) is 2.49. The van der Waals surface area contributed by atoms with E-state index in [1.165, 1.54) is 16.8 Å². The first-order valence-electron chi connectivity index (χ1n) is 5.56. The molecule has 2 aromatic rings. The molecule has 0 aliphatic carbocycles. The molecule has 0 aliphatic heterocycles. The molecule has 0 radical (unpaired) electrons. The van der Waals surface area contributed by atoms with E-state index in [4.69, 9.17) is 5.73 Å². The first kappa shape index (κ1) is 10.9. The second kappa shape index (κ2) is 4.94. The predicted octanol–water partition coefficient (Wildman–Crippen LogP) is 1.74. The molecular formula is C13H17N3. The lowest BCUT2D eigenvalue weighted by molar-refractivity contribution is 0.665. The fraction of sp³-hybridized carbons (Fsp3) is 0.308. The molecule has 2 rings (SSSR count). The van der Waals surface area contributed by atoms with Crippen LogP contribution in [-0.4, -0.2) is 16.3 Å². The van der Waals surface area contributed by atoms with Crippen molar-refractivity contribution in [2.75, 3.05) is 6.54 Å². The normalized spacial score (nSPS) is 10.6. The number of nitrogens with zero attached hydrogens (tertiary/aromatic N) is 2. The Bertz CT molecular complexity index is 442. The van der Waals surface area contributed by atoms with E-state index in [0.717, 1.165) is 13.0 Å². The van der Waals surface area contributed by atoms with Gasteiger partial charge in [0.2, 0.25) is 0 Å². The molecule has 84 valence electrons. The lowest BCUT2D eigenvalue weighted by Gasteiger charge is -2.05. The van der Waals surface area contributed by atoms with Gasteiger partial charge in [-0.2, -0.15) is 5.10 Å². The second-order valence-corrected chi connectivity index (χ2v) is 3.99. The molecule has 3 heteroatoms. The molecule has 1 aromatic carbocycles. The molecule has 0 saturated carbocycles. The van der Waals surface area contributed by atoms with Gasteiger partial charge in [0.05, 0.1) is 6.54 Å². The van der Waals surface area contributed by atoms with Crippen LogP contribution in [0.25, 0.3) is 0 Å². The van der Waals surface area contributed by atoms with Gasteiger partial charge in [-0.25, -0.2) is 0 Å². The first-order valence-corrected chi connectivity index (χ1v) is 5.56. The molecule has 0 saturated heterocycles. The Kier molecular flexibility index (Phi) is 3.37. The van der Waals surface area contributed by atoms with Crippen molar-refractivity contribution < 1.29 is 0 Å². The predicted molar refractivity (Wildman–Crippen MR) is 65.3 cm³/mol. The van der Waals surface area contributed by atoms with Crippen LogP contribution in [0.4, 0.5) is 0 Å². The molecular weight excluding hydrogens is 198 g/mol. The van der Waals surface area contributed by atoms with Crippen LogP contribution in [-0.2, 0) is 13.0 Å². The lowest BCUT2D eigenvalue weighted by Crippen LogP contribution is -2.05. The Hall–Kier alpha value is -1.61. The molecule has 0 unspecified atom stereocenters. The highest BCUT2D eigenvalue weighted by Gasteiger charge is 1.99. The number of aromatic nitrogens is 2. The number of nitrogens with two attached hydrogens (primary N) is 1. The van der Waals surface area contributed by atoms with E-state index < -0.39 is 0 Å². The molecule has 0 bridgehead atoms. The maximum Gasteiger partial charge on any atom is 0.0662 e. The molecule has 16 heavy (non-hydrogen) atoms. The molecule has 3 nitrogen and oxygen atoms in total. The Morgan fingerprint density at radius 3 is 2.38 bits per heavy atom. The fourth-order valence-corrected chi connectivity index (χ4v) is 1.72. The van der Waals surface area contributed by atoms with Crippen LogP contribution in [0.2, 0.25) is 0 Å². The van der Waals surface area contributed by atoms with Gasteiger partial charge < -0.3 is 5.73 Å². The maximum atomic E-state index is 5.51. The average molecular weight is 215 g/mol. The molecule has 0 amide bonds. The molecule has 0 atom stereocenters. The third-order valence-electron chi connectivity index (χ3n) is 2.72. The average Bonchev–Trinajstić information content (AvgIpc) is 2.68. The van der Waals surface area contributed by atoms with E-state index in [1.807, 2.05) is 16.9 Å². The van der Waals surface area contributed by atoms with Crippen molar-refractivity contribution in [2.45, 2.75) is 19.9 Å². The van der Waals surface area contributed by atoms with Gasteiger partial charge in [0, 0.05) is 11.9 Å². The quantitative estimate of drug-likeness (QED) is 0.844. The van der Waals surface area contributed by atoms with Crippen LogP contribution in [0, 0.1) is 6.92 Å². The van der Waals surface area contributed by atoms with Gasteiger partial charge in [-0.15, -0.1) is 0 Å². The van der Waals surface area contributed by atoms with E-state index in [0.29, 0.717) is 6.54 Å². The Balaban J connectivity index is 2.08. The van der Waals surface area contributed by atoms with Crippen molar-refractivity contribution in [3.63, 3.8) is 0 Å². The van der Waals surface area contributed by atoms with Crippen molar-refractivity contribution in [2.24, 2.45) is 5.73 Å². The van der Waals surface area contributed by atoms with E-state index in [2.05, 4.69) is 36.3 Å². The summed E-state index contributed by atoms with van der Waals surface area (Å²) in [6, 6.07) is 10.6. The zero-order chi connectivity index (χ0) is 11.4. The Morgan fingerprint density at radius 1 is 1.12 bits per heavy atom. The van der Waals surface area contributed by atoms with E-state index in [-0.39, 0.29) is 0 Å². The lowest BCUT2D eigenvalue weighted by atomic mass is 10.1. The van der Waals surface area contributed by atoms with Crippen LogP contribution in [0.1, 0.15) is 16.8 Å². The van der Waals surface area contributed by atoms with E-state index >= 15 is 0 Å². The smallest absolute Gasteiger partial charge is 0.0662 e. The van der Waals surface area contributed by atoms with Crippen molar-refractivity contribution in [3.05, 3.63) is 53.3 Å². The van der Waals surface area contributed by atoms with Gasteiger partial charge in [-0.05, 0) is 37.1 Å². The molecule has 1 aromatic heterocycles. The van der Waals surface area contributed by atoms with Gasteiger partial charge in [0.15, 0.2) is 0 Å². The van der Waals surface area contributed by atoms with Crippen molar-refractivity contribution in [1.29, 1.82) is 0 Å².